The molecule has 1 aliphatic heterocycles. The molecule has 0 aromatic heterocycles. The fourth-order valence-electron chi connectivity index (χ4n) is 4.36. The third-order valence-electron chi connectivity index (χ3n) is 5.57. The zero-order chi connectivity index (χ0) is 17.4. The zero-order valence-electron chi connectivity index (χ0n) is 15.1. The van der Waals surface area contributed by atoms with Crippen molar-refractivity contribution in [3.8, 4) is 0 Å². The molecule has 1 aromatic rings. The molecular weight excluding hydrogens is 318 g/mol. The molecule has 0 unspecified atom stereocenters. The van der Waals surface area contributed by atoms with E-state index in [2.05, 4.69) is 19.9 Å². The van der Waals surface area contributed by atoms with Crippen molar-refractivity contribution >= 4 is 10.0 Å². The van der Waals surface area contributed by atoms with E-state index in [0.29, 0.717) is 11.4 Å². The van der Waals surface area contributed by atoms with Crippen molar-refractivity contribution in [2.24, 2.45) is 5.41 Å². The van der Waals surface area contributed by atoms with Gasteiger partial charge < -0.3 is 0 Å². The Morgan fingerprint density at radius 2 is 1.75 bits per heavy atom. The van der Waals surface area contributed by atoms with Gasteiger partial charge >= 0.3 is 0 Å². The summed E-state index contributed by atoms with van der Waals surface area (Å²) in [5.74, 6) is 0. The minimum absolute atomic E-state index is 0.000553. The van der Waals surface area contributed by atoms with E-state index in [4.69, 9.17) is 0 Å². The molecule has 1 heterocycles. The SMILES string of the molecule is CC(C)=C[C@@H]1CC2(CCCCC2)CN1S(=O)(=O)c1ccc(C)cc1. The van der Waals surface area contributed by atoms with E-state index in [1.165, 1.54) is 37.7 Å². The van der Waals surface area contributed by atoms with Crippen LogP contribution in [-0.2, 0) is 10.0 Å². The van der Waals surface area contributed by atoms with Gasteiger partial charge in [-0.25, -0.2) is 8.42 Å². The van der Waals surface area contributed by atoms with Gasteiger partial charge in [0, 0.05) is 12.6 Å². The number of nitrogens with zero attached hydrogens (tertiary/aromatic N) is 1. The lowest BCUT2D eigenvalue weighted by molar-refractivity contribution is 0.205. The minimum Gasteiger partial charge on any atom is -0.207 e. The molecule has 3 rings (SSSR count). The molecule has 1 atom stereocenters. The van der Waals surface area contributed by atoms with Crippen LogP contribution in [0.5, 0.6) is 0 Å². The van der Waals surface area contributed by atoms with Crippen molar-refractivity contribution in [2.75, 3.05) is 6.54 Å². The first-order chi connectivity index (χ1) is 11.3. The normalized spacial score (nSPS) is 24.2. The Labute approximate surface area is 146 Å². The number of rotatable bonds is 3. The van der Waals surface area contributed by atoms with Gasteiger partial charge in [0.2, 0.25) is 10.0 Å². The molecule has 1 saturated heterocycles. The molecule has 1 spiro atoms. The van der Waals surface area contributed by atoms with E-state index < -0.39 is 10.0 Å². The Bertz CT molecular complexity index is 709. The summed E-state index contributed by atoms with van der Waals surface area (Å²) in [6.07, 6.45) is 9.22. The van der Waals surface area contributed by atoms with E-state index in [0.717, 1.165) is 12.0 Å². The van der Waals surface area contributed by atoms with Crippen LogP contribution in [0.15, 0.2) is 40.8 Å². The summed E-state index contributed by atoms with van der Waals surface area (Å²) >= 11 is 0. The summed E-state index contributed by atoms with van der Waals surface area (Å²) in [5, 5.41) is 0. The maximum absolute atomic E-state index is 13.3. The molecule has 0 radical (unpaired) electrons. The summed E-state index contributed by atoms with van der Waals surface area (Å²) in [6.45, 7) is 6.78. The van der Waals surface area contributed by atoms with Gasteiger partial charge in [0.25, 0.3) is 0 Å². The summed E-state index contributed by atoms with van der Waals surface area (Å²) in [4.78, 5) is 0.424. The maximum atomic E-state index is 13.3. The van der Waals surface area contributed by atoms with Crippen molar-refractivity contribution in [3.05, 3.63) is 41.5 Å². The standard InChI is InChI=1S/C20H29NO2S/c1-16(2)13-18-14-20(11-5-4-6-12-20)15-21(18)24(22,23)19-9-7-17(3)8-10-19/h7-10,13,18H,4-6,11-12,14-15H2,1-3H3/t18-/m1/s1. The highest BCUT2D eigenvalue weighted by molar-refractivity contribution is 7.89. The quantitative estimate of drug-likeness (QED) is 0.745. The van der Waals surface area contributed by atoms with Gasteiger partial charge in [-0.15, -0.1) is 0 Å². The van der Waals surface area contributed by atoms with Gasteiger partial charge in [0.15, 0.2) is 0 Å². The van der Waals surface area contributed by atoms with E-state index in [-0.39, 0.29) is 11.5 Å². The summed E-state index contributed by atoms with van der Waals surface area (Å²) < 4.78 is 28.3. The molecule has 24 heavy (non-hydrogen) atoms. The average molecular weight is 348 g/mol. The topological polar surface area (TPSA) is 37.4 Å². The van der Waals surface area contributed by atoms with Crippen LogP contribution in [0, 0.1) is 12.3 Å². The highest BCUT2D eigenvalue weighted by atomic mass is 32.2. The lowest BCUT2D eigenvalue weighted by atomic mass is 9.72. The molecule has 1 saturated carbocycles. The molecule has 2 fully saturated rings. The van der Waals surface area contributed by atoms with Crippen LogP contribution in [0.4, 0.5) is 0 Å². The number of hydrogen-bond acceptors (Lipinski definition) is 2. The highest BCUT2D eigenvalue weighted by Gasteiger charge is 2.48. The smallest absolute Gasteiger partial charge is 0.207 e. The molecule has 4 heteroatoms. The first kappa shape index (κ1) is 17.7. The van der Waals surface area contributed by atoms with E-state index in [1.807, 2.05) is 19.1 Å². The largest absolute Gasteiger partial charge is 0.243 e. The fourth-order valence-corrected chi connectivity index (χ4v) is 6.04. The third kappa shape index (κ3) is 3.45. The number of aryl methyl sites for hydroxylation is 1. The maximum Gasteiger partial charge on any atom is 0.243 e. The number of benzene rings is 1. The molecule has 0 amide bonds. The number of allylic oxidation sites excluding steroid dienone is 1. The van der Waals surface area contributed by atoms with Crippen LogP contribution in [0.2, 0.25) is 0 Å². The van der Waals surface area contributed by atoms with E-state index in [9.17, 15) is 8.42 Å². The minimum atomic E-state index is -3.44. The van der Waals surface area contributed by atoms with Gasteiger partial charge in [-0.1, -0.05) is 48.6 Å². The van der Waals surface area contributed by atoms with Gasteiger partial charge in [-0.2, -0.15) is 4.31 Å². The van der Waals surface area contributed by atoms with Crippen LogP contribution in [0.3, 0.4) is 0 Å². The average Bonchev–Trinajstić information content (AvgIpc) is 2.86. The van der Waals surface area contributed by atoms with Gasteiger partial charge in [0.1, 0.15) is 0 Å². The number of hydrogen-bond donors (Lipinski definition) is 0. The molecule has 2 aliphatic rings. The zero-order valence-corrected chi connectivity index (χ0v) is 15.9. The van der Waals surface area contributed by atoms with Crippen molar-refractivity contribution < 1.29 is 8.42 Å². The highest BCUT2D eigenvalue weighted by Crippen LogP contribution is 2.48. The molecule has 0 bridgehead atoms. The second-order valence-electron chi connectivity index (χ2n) is 7.94. The van der Waals surface area contributed by atoms with E-state index >= 15 is 0 Å². The molecule has 3 nitrogen and oxygen atoms in total. The lowest BCUT2D eigenvalue weighted by Gasteiger charge is -2.33. The van der Waals surface area contributed by atoms with Crippen molar-refractivity contribution in [1.29, 1.82) is 0 Å². The van der Waals surface area contributed by atoms with E-state index in [1.54, 1.807) is 16.4 Å². The second kappa shape index (κ2) is 6.64. The molecule has 1 aromatic carbocycles. The Morgan fingerprint density at radius 1 is 1.12 bits per heavy atom. The summed E-state index contributed by atoms with van der Waals surface area (Å²) in [6, 6.07) is 7.26. The van der Waals surface area contributed by atoms with Gasteiger partial charge in [0.05, 0.1) is 4.90 Å². The van der Waals surface area contributed by atoms with Crippen LogP contribution in [0.1, 0.15) is 57.9 Å². The Balaban J connectivity index is 1.96. The monoisotopic (exact) mass is 347 g/mol. The third-order valence-corrected chi connectivity index (χ3v) is 7.46. The van der Waals surface area contributed by atoms with Crippen LogP contribution in [0.25, 0.3) is 0 Å². The van der Waals surface area contributed by atoms with Crippen molar-refractivity contribution in [2.45, 2.75) is 70.2 Å². The Hall–Kier alpha value is -1.13. The predicted octanol–water partition coefficient (Wildman–Crippen LogP) is 4.67. The molecule has 132 valence electrons. The van der Waals surface area contributed by atoms with Crippen LogP contribution in [-0.4, -0.2) is 25.3 Å². The fraction of sp³-hybridized carbons (Fsp3) is 0.600. The van der Waals surface area contributed by atoms with Gasteiger partial charge in [-0.05, 0) is 57.6 Å². The predicted molar refractivity (Wildman–Crippen MR) is 98.4 cm³/mol. The van der Waals surface area contributed by atoms with Crippen LogP contribution < -0.4 is 0 Å². The molecule has 0 N–H and O–H groups in total. The molecular formula is C20H29NO2S. The lowest BCUT2D eigenvalue weighted by Crippen LogP contribution is -2.36. The van der Waals surface area contributed by atoms with Crippen molar-refractivity contribution in [3.63, 3.8) is 0 Å². The summed E-state index contributed by atoms with van der Waals surface area (Å²) in [7, 11) is -3.44. The first-order valence-electron chi connectivity index (χ1n) is 9.06. The first-order valence-corrected chi connectivity index (χ1v) is 10.5. The van der Waals surface area contributed by atoms with Gasteiger partial charge in [-0.3, -0.25) is 0 Å². The van der Waals surface area contributed by atoms with Crippen molar-refractivity contribution in [1.82, 2.24) is 4.31 Å². The Kier molecular flexibility index (Phi) is 4.89. The van der Waals surface area contributed by atoms with Crippen LogP contribution >= 0.6 is 0 Å². The summed E-state index contributed by atoms with van der Waals surface area (Å²) in [5.41, 5.74) is 2.46. The number of sulfonamides is 1. The molecule has 1 aliphatic carbocycles. The Morgan fingerprint density at radius 3 is 2.33 bits per heavy atom. The second-order valence-corrected chi connectivity index (χ2v) is 9.83.